The van der Waals surface area contributed by atoms with E-state index >= 15 is 0 Å². The lowest BCUT2D eigenvalue weighted by atomic mass is 9.71. The van der Waals surface area contributed by atoms with Crippen LogP contribution in [0.15, 0.2) is 36.5 Å². The van der Waals surface area contributed by atoms with Crippen molar-refractivity contribution in [2.24, 2.45) is 11.3 Å². The number of imide groups is 1. The predicted octanol–water partition coefficient (Wildman–Crippen LogP) is 2.57. The maximum absolute atomic E-state index is 13.0. The standard InChI is InChI=1S/C31H37N7O5/c39-28-6-4-26(29(40)33-28)37-18-22-15-23(1-3-25(22)30(37)41)36-13-9-31(10-14-36)19-34(20-31)17-21-7-11-35(12-8-21)24-2-5-27(32-16-24)38(42)43/h1-3,5,15-16,21,26H,4,6-14,17-20H2,(H,33,39,40). The van der Waals surface area contributed by atoms with Gasteiger partial charge in [0.2, 0.25) is 11.8 Å². The summed E-state index contributed by atoms with van der Waals surface area (Å²) in [6, 6.07) is 8.75. The van der Waals surface area contributed by atoms with Gasteiger partial charge in [-0.2, -0.15) is 0 Å². The van der Waals surface area contributed by atoms with Gasteiger partial charge in [0.15, 0.2) is 6.20 Å². The first-order chi connectivity index (χ1) is 20.8. The zero-order valence-electron chi connectivity index (χ0n) is 24.2. The maximum Gasteiger partial charge on any atom is 0.363 e. The number of hydrogen-bond donors (Lipinski definition) is 1. The van der Waals surface area contributed by atoms with E-state index in [9.17, 15) is 24.5 Å². The second kappa shape index (κ2) is 10.9. The molecule has 5 aliphatic rings. The molecule has 0 saturated carbocycles. The summed E-state index contributed by atoms with van der Waals surface area (Å²) < 4.78 is 0. The highest BCUT2D eigenvalue weighted by Crippen LogP contribution is 2.42. The van der Waals surface area contributed by atoms with Gasteiger partial charge in [-0.3, -0.25) is 19.7 Å². The number of carbonyl (C=O) groups excluding carboxylic acids is 3. The molecule has 4 saturated heterocycles. The third kappa shape index (κ3) is 5.32. The van der Waals surface area contributed by atoms with Crippen LogP contribution in [-0.4, -0.2) is 89.3 Å². The first-order valence-electron chi connectivity index (χ1n) is 15.4. The Morgan fingerprint density at radius 2 is 1.67 bits per heavy atom. The molecule has 0 bridgehead atoms. The number of hydrogen-bond acceptors (Lipinski definition) is 9. The number of piperidine rings is 3. The fourth-order valence-electron chi connectivity index (χ4n) is 7.76. The fourth-order valence-corrected chi connectivity index (χ4v) is 7.76. The van der Waals surface area contributed by atoms with Crippen molar-refractivity contribution in [2.45, 2.75) is 51.1 Å². The smallest absolute Gasteiger partial charge is 0.363 e. The molecule has 1 aromatic heterocycles. The van der Waals surface area contributed by atoms with Crippen molar-refractivity contribution in [1.82, 2.24) is 20.1 Å². The summed E-state index contributed by atoms with van der Waals surface area (Å²) >= 11 is 0. The predicted molar refractivity (Wildman–Crippen MR) is 159 cm³/mol. The molecule has 226 valence electrons. The Kier molecular flexibility index (Phi) is 7.03. The third-order valence-electron chi connectivity index (χ3n) is 10.2. The van der Waals surface area contributed by atoms with Crippen LogP contribution in [0.4, 0.5) is 17.2 Å². The second-order valence-electron chi connectivity index (χ2n) is 13.0. The average molecular weight is 588 g/mol. The van der Waals surface area contributed by atoms with Crippen molar-refractivity contribution in [2.75, 3.05) is 55.6 Å². The molecule has 3 amide bonds. The maximum atomic E-state index is 13.0. The molecule has 6 heterocycles. The summed E-state index contributed by atoms with van der Waals surface area (Å²) in [6.07, 6.45) is 6.81. The number of carbonyl (C=O) groups is 3. The van der Waals surface area contributed by atoms with Gasteiger partial charge in [-0.05, 0) is 83.2 Å². The minimum Gasteiger partial charge on any atom is -0.371 e. The topological polar surface area (TPSA) is 132 Å². The lowest BCUT2D eigenvalue weighted by Crippen LogP contribution is -2.61. The molecule has 0 radical (unpaired) electrons. The van der Waals surface area contributed by atoms with Crippen LogP contribution in [0.25, 0.3) is 0 Å². The van der Waals surface area contributed by atoms with E-state index < -0.39 is 11.0 Å². The monoisotopic (exact) mass is 587 g/mol. The highest BCUT2D eigenvalue weighted by Gasteiger charge is 2.45. The van der Waals surface area contributed by atoms with E-state index in [4.69, 9.17) is 0 Å². The number of nitro groups is 1. The van der Waals surface area contributed by atoms with Gasteiger partial charge < -0.3 is 29.7 Å². The van der Waals surface area contributed by atoms with Crippen molar-refractivity contribution >= 4 is 34.9 Å². The van der Waals surface area contributed by atoms with Crippen molar-refractivity contribution in [3.8, 4) is 0 Å². The van der Waals surface area contributed by atoms with Gasteiger partial charge in [0.25, 0.3) is 5.91 Å². The zero-order valence-corrected chi connectivity index (χ0v) is 24.2. The minimum atomic E-state index is -0.586. The van der Waals surface area contributed by atoms with Crippen LogP contribution in [0.5, 0.6) is 0 Å². The van der Waals surface area contributed by atoms with Gasteiger partial charge in [0.1, 0.15) is 6.04 Å². The van der Waals surface area contributed by atoms with Gasteiger partial charge in [-0.1, -0.05) is 0 Å². The van der Waals surface area contributed by atoms with Crippen LogP contribution >= 0.6 is 0 Å². The van der Waals surface area contributed by atoms with Crippen molar-refractivity contribution in [1.29, 1.82) is 0 Å². The van der Waals surface area contributed by atoms with Crippen LogP contribution in [-0.2, 0) is 16.1 Å². The lowest BCUT2D eigenvalue weighted by molar-refractivity contribution is -0.389. The molecule has 12 nitrogen and oxygen atoms in total. The van der Waals surface area contributed by atoms with Crippen molar-refractivity contribution in [3.05, 3.63) is 57.8 Å². The molecule has 4 fully saturated rings. The molecule has 1 aromatic carbocycles. The molecular formula is C31H37N7O5. The Morgan fingerprint density at radius 1 is 0.953 bits per heavy atom. The largest absolute Gasteiger partial charge is 0.371 e. The number of aromatic nitrogens is 1. The summed E-state index contributed by atoms with van der Waals surface area (Å²) in [5.74, 6) is -0.215. The Bertz CT molecular complexity index is 1440. The van der Waals surface area contributed by atoms with E-state index in [2.05, 4.69) is 31.1 Å². The number of rotatable bonds is 6. The number of amides is 3. The van der Waals surface area contributed by atoms with E-state index in [1.54, 1.807) is 17.2 Å². The van der Waals surface area contributed by atoms with Gasteiger partial charge >= 0.3 is 5.82 Å². The number of nitrogens with zero attached hydrogens (tertiary/aromatic N) is 6. The third-order valence-corrected chi connectivity index (χ3v) is 10.2. The average Bonchev–Trinajstić information content (AvgIpc) is 3.32. The van der Waals surface area contributed by atoms with E-state index in [1.165, 1.54) is 6.07 Å². The zero-order chi connectivity index (χ0) is 29.7. The molecular weight excluding hydrogens is 550 g/mol. The first-order valence-corrected chi connectivity index (χ1v) is 15.4. The summed E-state index contributed by atoms with van der Waals surface area (Å²) in [5, 5.41) is 13.2. The number of anilines is 2. The molecule has 0 aliphatic carbocycles. The molecule has 1 atom stereocenters. The summed E-state index contributed by atoms with van der Waals surface area (Å²) in [6.45, 7) is 7.77. The number of likely N-dealkylation sites (tertiary alicyclic amines) is 1. The summed E-state index contributed by atoms with van der Waals surface area (Å²) in [5.41, 5.74) is 4.11. The fraction of sp³-hybridized carbons (Fsp3) is 0.548. The van der Waals surface area contributed by atoms with Crippen LogP contribution in [0.3, 0.4) is 0 Å². The molecule has 5 aliphatic heterocycles. The number of nitrogens with one attached hydrogen (secondary N) is 1. The molecule has 7 rings (SSSR count). The van der Waals surface area contributed by atoms with E-state index in [-0.39, 0.29) is 30.0 Å². The number of benzene rings is 1. The van der Waals surface area contributed by atoms with Crippen molar-refractivity contribution < 1.29 is 19.3 Å². The van der Waals surface area contributed by atoms with E-state index in [0.29, 0.717) is 29.9 Å². The Balaban J connectivity index is 0.873. The summed E-state index contributed by atoms with van der Waals surface area (Å²) in [4.78, 5) is 60.3. The molecule has 2 aromatic rings. The Hall–Kier alpha value is -4.06. The number of fused-ring (bicyclic) bond motifs is 1. The first kappa shape index (κ1) is 27.8. The van der Waals surface area contributed by atoms with E-state index in [1.807, 2.05) is 12.1 Å². The quantitative estimate of drug-likeness (QED) is 0.308. The van der Waals surface area contributed by atoms with Crippen molar-refractivity contribution in [3.63, 3.8) is 0 Å². The molecule has 1 unspecified atom stereocenters. The van der Waals surface area contributed by atoms with Crippen LogP contribution in [0.2, 0.25) is 0 Å². The van der Waals surface area contributed by atoms with Crippen LogP contribution < -0.4 is 15.1 Å². The Morgan fingerprint density at radius 3 is 2.35 bits per heavy atom. The molecule has 1 spiro atoms. The normalized spacial score (nSPS) is 24.2. The van der Waals surface area contributed by atoms with Crippen LogP contribution in [0, 0.1) is 21.4 Å². The van der Waals surface area contributed by atoms with Gasteiger partial charge in [-0.15, -0.1) is 0 Å². The molecule has 1 N–H and O–H groups in total. The highest BCUT2D eigenvalue weighted by atomic mass is 16.6. The second-order valence-corrected chi connectivity index (χ2v) is 13.0. The number of pyridine rings is 1. The van der Waals surface area contributed by atoms with Gasteiger partial charge in [0.05, 0.1) is 5.69 Å². The Labute approximate surface area is 250 Å². The lowest BCUT2D eigenvalue weighted by Gasteiger charge is -2.55. The highest BCUT2D eigenvalue weighted by molar-refractivity contribution is 6.05. The van der Waals surface area contributed by atoms with E-state index in [0.717, 1.165) is 88.4 Å². The SMILES string of the molecule is O=C1CCC(N2Cc3cc(N4CCC5(CC4)CN(CC4CCN(c6ccc([N+](=O)[O-])nc6)CC4)C5)ccc3C2=O)C(=O)N1. The van der Waals surface area contributed by atoms with Crippen LogP contribution in [0.1, 0.15) is 54.4 Å². The minimum absolute atomic E-state index is 0.113. The van der Waals surface area contributed by atoms with Gasteiger partial charge in [-0.25, -0.2) is 0 Å². The van der Waals surface area contributed by atoms with Gasteiger partial charge in [0, 0.05) is 76.1 Å². The molecule has 12 heteroatoms. The summed E-state index contributed by atoms with van der Waals surface area (Å²) in [7, 11) is 0. The molecule has 43 heavy (non-hydrogen) atoms.